The van der Waals surface area contributed by atoms with Crippen LogP contribution < -0.4 is 14.4 Å². The molecule has 0 bridgehead atoms. The third-order valence-electron chi connectivity index (χ3n) is 6.55. The average Bonchev–Trinajstić information content (AvgIpc) is 3.24. The minimum absolute atomic E-state index is 0.233. The highest BCUT2D eigenvalue weighted by Gasteiger charge is 2.37. The molecule has 10 heteroatoms. The Labute approximate surface area is 231 Å². The molecular formula is C29H28N4O5S. The summed E-state index contributed by atoms with van der Waals surface area (Å²) in [6.45, 7) is 2.55. The molecule has 0 aliphatic carbocycles. The molecule has 200 valence electrons. The molecule has 0 unspecified atom stereocenters. The van der Waals surface area contributed by atoms with E-state index in [0.717, 1.165) is 27.9 Å². The average molecular weight is 545 g/mol. The molecule has 39 heavy (non-hydrogen) atoms. The fourth-order valence-corrected chi connectivity index (χ4v) is 5.25. The van der Waals surface area contributed by atoms with Crippen LogP contribution in [0.4, 0.5) is 10.5 Å². The molecular weight excluding hydrogens is 516 g/mol. The smallest absolute Gasteiger partial charge is 0.294 e. The molecule has 3 amide bonds. The molecule has 0 atom stereocenters. The Morgan fingerprint density at radius 3 is 2.44 bits per heavy atom. The minimum Gasteiger partial charge on any atom is -0.493 e. The highest BCUT2D eigenvalue weighted by molar-refractivity contribution is 8.18. The molecule has 0 spiro atoms. The van der Waals surface area contributed by atoms with E-state index in [1.807, 2.05) is 42.5 Å². The van der Waals surface area contributed by atoms with E-state index in [1.165, 1.54) is 7.11 Å². The van der Waals surface area contributed by atoms with E-state index in [2.05, 4.69) is 9.88 Å². The van der Waals surface area contributed by atoms with Crippen molar-refractivity contribution in [3.63, 3.8) is 0 Å². The van der Waals surface area contributed by atoms with Crippen molar-refractivity contribution in [3.05, 3.63) is 89.1 Å². The summed E-state index contributed by atoms with van der Waals surface area (Å²) in [6, 6.07) is 19.1. The zero-order valence-corrected chi connectivity index (χ0v) is 22.3. The van der Waals surface area contributed by atoms with E-state index in [4.69, 9.17) is 9.47 Å². The highest BCUT2D eigenvalue weighted by atomic mass is 32.2. The maximum Gasteiger partial charge on any atom is 0.294 e. The second kappa shape index (κ2) is 12.0. The van der Waals surface area contributed by atoms with Crippen LogP contribution in [0.25, 0.3) is 6.08 Å². The van der Waals surface area contributed by atoms with Crippen molar-refractivity contribution in [3.8, 4) is 11.5 Å². The van der Waals surface area contributed by atoms with Crippen LogP contribution in [0.2, 0.25) is 0 Å². The number of carbonyl (C=O) groups is 3. The fourth-order valence-electron chi connectivity index (χ4n) is 4.41. The van der Waals surface area contributed by atoms with Crippen molar-refractivity contribution in [2.24, 2.45) is 0 Å². The maximum atomic E-state index is 13.0. The molecule has 0 N–H and O–H groups in total. The predicted octanol–water partition coefficient (Wildman–Crippen LogP) is 4.05. The van der Waals surface area contributed by atoms with Gasteiger partial charge >= 0.3 is 0 Å². The number of amides is 3. The van der Waals surface area contributed by atoms with Gasteiger partial charge in [0.1, 0.15) is 13.2 Å². The summed E-state index contributed by atoms with van der Waals surface area (Å²) in [6.07, 6.45) is 5.03. The lowest BCUT2D eigenvalue weighted by Gasteiger charge is -2.36. The number of ether oxygens (including phenoxy) is 2. The molecule has 2 saturated heterocycles. The van der Waals surface area contributed by atoms with E-state index in [-0.39, 0.29) is 17.4 Å². The third kappa shape index (κ3) is 6.23. The van der Waals surface area contributed by atoms with Gasteiger partial charge in [-0.3, -0.25) is 24.3 Å². The lowest BCUT2D eigenvalue weighted by Crippen LogP contribution is -2.51. The van der Waals surface area contributed by atoms with Gasteiger partial charge in [0.25, 0.3) is 11.1 Å². The topological polar surface area (TPSA) is 92.3 Å². The van der Waals surface area contributed by atoms with E-state index < -0.39 is 11.1 Å². The first-order valence-electron chi connectivity index (χ1n) is 12.5. The van der Waals surface area contributed by atoms with Gasteiger partial charge < -0.3 is 19.3 Å². The molecule has 0 saturated carbocycles. The molecule has 5 rings (SSSR count). The minimum atomic E-state index is -0.474. The van der Waals surface area contributed by atoms with Gasteiger partial charge in [-0.15, -0.1) is 0 Å². The Bertz CT molecular complexity index is 1370. The van der Waals surface area contributed by atoms with E-state index in [1.54, 1.807) is 41.6 Å². The molecule has 2 aliphatic rings. The first-order valence-corrected chi connectivity index (χ1v) is 13.4. The Kier molecular flexibility index (Phi) is 8.12. The molecule has 2 aliphatic heterocycles. The second-order valence-corrected chi connectivity index (χ2v) is 10.0. The van der Waals surface area contributed by atoms with Gasteiger partial charge in [-0.1, -0.05) is 24.3 Å². The number of imide groups is 1. The Morgan fingerprint density at radius 2 is 1.72 bits per heavy atom. The van der Waals surface area contributed by atoms with Crippen LogP contribution in [0.5, 0.6) is 11.5 Å². The molecule has 0 radical (unpaired) electrons. The number of hydrogen-bond donors (Lipinski definition) is 0. The summed E-state index contributed by atoms with van der Waals surface area (Å²) in [5.74, 6) is 0.348. The van der Waals surface area contributed by atoms with Gasteiger partial charge in [-0.25, -0.2) is 0 Å². The number of pyridine rings is 1. The lowest BCUT2D eigenvalue weighted by atomic mass is 10.2. The third-order valence-corrected chi connectivity index (χ3v) is 7.46. The fraction of sp³-hybridized carbons (Fsp3) is 0.241. The Balaban J connectivity index is 1.19. The first kappa shape index (κ1) is 26.3. The van der Waals surface area contributed by atoms with E-state index in [9.17, 15) is 14.4 Å². The number of rotatable bonds is 8. The number of anilines is 1. The zero-order valence-electron chi connectivity index (χ0n) is 21.5. The SMILES string of the molecule is COc1cc(/C=C2/SC(=O)N(CC(=O)N3CCN(c4ccccc4)CC3)C2=O)ccc1OCc1ccncc1. The molecule has 9 nitrogen and oxygen atoms in total. The van der Waals surface area contributed by atoms with Crippen LogP contribution in [-0.4, -0.2) is 71.7 Å². The van der Waals surface area contributed by atoms with Gasteiger partial charge in [-0.05, 0) is 65.4 Å². The van der Waals surface area contributed by atoms with Crippen LogP contribution in [-0.2, 0) is 16.2 Å². The predicted molar refractivity (Wildman–Crippen MR) is 149 cm³/mol. The van der Waals surface area contributed by atoms with Crippen molar-refractivity contribution in [2.75, 3.05) is 44.7 Å². The lowest BCUT2D eigenvalue weighted by molar-refractivity contribution is -0.136. The highest BCUT2D eigenvalue weighted by Crippen LogP contribution is 2.35. The molecule has 2 fully saturated rings. The summed E-state index contributed by atoms with van der Waals surface area (Å²) in [7, 11) is 1.54. The quantitative estimate of drug-likeness (QED) is 0.392. The van der Waals surface area contributed by atoms with Crippen LogP contribution in [0.3, 0.4) is 0 Å². The number of thioether (sulfide) groups is 1. The standard InChI is InChI=1S/C29H28N4O5S/c1-37-25-17-22(7-8-24(25)38-20-21-9-11-30-12-10-21)18-26-28(35)33(29(36)39-26)19-27(34)32-15-13-31(14-16-32)23-5-3-2-4-6-23/h2-12,17-18H,13-16,19-20H2,1H3/b26-18+. The number of benzene rings is 2. The van der Waals surface area contributed by atoms with Gasteiger partial charge in [0, 0.05) is 44.3 Å². The summed E-state index contributed by atoms with van der Waals surface area (Å²) in [4.78, 5) is 47.8. The second-order valence-electron chi connectivity index (χ2n) is 9.03. The van der Waals surface area contributed by atoms with Crippen molar-refractivity contribution >= 4 is 40.6 Å². The van der Waals surface area contributed by atoms with Crippen molar-refractivity contribution in [2.45, 2.75) is 6.61 Å². The number of aromatic nitrogens is 1. The normalized spacial score (nSPS) is 16.6. The van der Waals surface area contributed by atoms with Crippen LogP contribution in [0, 0.1) is 0 Å². The number of hydrogen-bond acceptors (Lipinski definition) is 8. The summed E-state index contributed by atoms with van der Waals surface area (Å²) < 4.78 is 11.3. The number of nitrogens with zero attached hydrogens (tertiary/aromatic N) is 4. The molecule has 1 aromatic heterocycles. The molecule has 2 aromatic carbocycles. The van der Waals surface area contributed by atoms with E-state index >= 15 is 0 Å². The van der Waals surface area contributed by atoms with Crippen molar-refractivity contribution in [1.82, 2.24) is 14.8 Å². The monoisotopic (exact) mass is 544 g/mol. The summed E-state index contributed by atoms with van der Waals surface area (Å²) in [5, 5.41) is -0.452. The first-order chi connectivity index (χ1) is 19.0. The molecule has 3 aromatic rings. The number of carbonyl (C=O) groups excluding carboxylic acids is 3. The number of para-hydroxylation sites is 1. The van der Waals surface area contributed by atoms with Gasteiger partial charge in [0.05, 0.1) is 12.0 Å². The zero-order chi connectivity index (χ0) is 27.2. The Morgan fingerprint density at radius 1 is 0.974 bits per heavy atom. The summed E-state index contributed by atoms with van der Waals surface area (Å²) in [5.41, 5.74) is 2.76. The molecule has 3 heterocycles. The number of piperazine rings is 1. The van der Waals surface area contributed by atoms with Crippen LogP contribution in [0.1, 0.15) is 11.1 Å². The van der Waals surface area contributed by atoms with Crippen LogP contribution >= 0.6 is 11.8 Å². The van der Waals surface area contributed by atoms with Crippen molar-refractivity contribution in [1.29, 1.82) is 0 Å². The van der Waals surface area contributed by atoms with Gasteiger partial charge in [0.15, 0.2) is 11.5 Å². The van der Waals surface area contributed by atoms with Crippen molar-refractivity contribution < 1.29 is 23.9 Å². The van der Waals surface area contributed by atoms with E-state index in [0.29, 0.717) is 49.8 Å². The largest absolute Gasteiger partial charge is 0.493 e. The number of methoxy groups -OCH3 is 1. The summed E-state index contributed by atoms with van der Waals surface area (Å²) >= 11 is 0.830. The maximum absolute atomic E-state index is 13.0. The van der Waals surface area contributed by atoms with Crippen LogP contribution in [0.15, 0.2) is 78.0 Å². The Hall–Kier alpha value is -4.31. The van der Waals surface area contributed by atoms with Gasteiger partial charge in [-0.2, -0.15) is 0 Å². The van der Waals surface area contributed by atoms with Gasteiger partial charge in [0.2, 0.25) is 5.91 Å².